The zero-order chi connectivity index (χ0) is 10.7. The van der Waals surface area contributed by atoms with Gasteiger partial charge in [-0.15, -0.1) is 0 Å². The number of hydrogen-bond donors (Lipinski definition) is 1. The molecule has 1 aromatic carbocycles. The summed E-state index contributed by atoms with van der Waals surface area (Å²) >= 11 is 3.38. The number of amides is 1. The third-order valence-electron chi connectivity index (χ3n) is 1.96. The molecule has 0 aliphatic carbocycles. The van der Waals surface area contributed by atoms with E-state index < -0.39 is 0 Å². The molecule has 1 rings (SSSR count). The largest absolute Gasteiger partial charge is 0.366 e. The van der Waals surface area contributed by atoms with Crippen LogP contribution in [0.2, 0.25) is 0 Å². The molecule has 0 fully saturated rings. The molecular formula is C11H14BrNO. The van der Waals surface area contributed by atoms with Crippen molar-refractivity contribution < 1.29 is 4.79 Å². The van der Waals surface area contributed by atoms with Gasteiger partial charge in [-0.1, -0.05) is 29.8 Å². The fraction of sp³-hybridized carbons (Fsp3) is 0.364. The van der Waals surface area contributed by atoms with Crippen LogP contribution < -0.4 is 5.73 Å². The van der Waals surface area contributed by atoms with Gasteiger partial charge >= 0.3 is 0 Å². The van der Waals surface area contributed by atoms with E-state index in [1.54, 1.807) is 6.07 Å². The van der Waals surface area contributed by atoms with Crippen molar-refractivity contribution in [2.24, 2.45) is 11.7 Å². The van der Waals surface area contributed by atoms with Crippen LogP contribution in [0.3, 0.4) is 0 Å². The third kappa shape index (κ3) is 2.84. The summed E-state index contributed by atoms with van der Waals surface area (Å²) in [5, 5.41) is 0. The fourth-order valence-corrected chi connectivity index (χ4v) is 1.82. The van der Waals surface area contributed by atoms with Gasteiger partial charge in [0.05, 0.1) is 0 Å². The molecule has 0 saturated carbocycles. The molecule has 2 nitrogen and oxygen atoms in total. The van der Waals surface area contributed by atoms with Crippen molar-refractivity contribution in [3.8, 4) is 0 Å². The van der Waals surface area contributed by atoms with Gasteiger partial charge in [-0.25, -0.2) is 0 Å². The standard InChI is InChI=1S/C11H14BrNO/c1-7(2)5-8-6-9(12)3-4-10(8)11(13)14/h3-4,6-7H,5H2,1-2H3,(H2,13,14). The predicted molar refractivity (Wildman–Crippen MR) is 61.2 cm³/mol. The molecule has 76 valence electrons. The number of rotatable bonds is 3. The first kappa shape index (κ1) is 11.2. The lowest BCUT2D eigenvalue weighted by atomic mass is 9.98. The van der Waals surface area contributed by atoms with Gasteiger partial charge in [0.2, 0.25) is 5.91 Å². The summed E-state index contributed by atoms with van der Waals surface area (Å²) in [6.45, 7) is 4.23. The number of halogens is 1. The Labute approximate surface area is 92.6 Å². The van der Waals surface area contributed by atoms with Crippen molar-refractivity contribution >= 4 is 21.8 Å². The molecule has 0 spiro atoms. The highest BCUT2D eigenvalue weighted by Gasteiger charge is 2.09. The smallest absolute Gasteiger partial charge is 0.248 e. The molecule has 1 amide bonds. The second-order valence-electron chi connectivity index (χ2n) is 3.76. The molecule has 0 aliphatic rings. The van der Waals surface area contributed by atoms with Crippen molar-refractivity contribution in [2.45, 2.75) is 20.3 Å². The van der Waals surface area contributed by atoms with Gasteiger partial charge in [-0.3, -0.25) is 4.79 Å². The van der Waals surface area contributed by atoms with Crippen LogP contribution in [0, 0.1) is 5.92 Å². The van der Waals surface area contributed by atoms with Crippen LogP contribution in [-0.2, 0) is 6.42 Å². The highest BCUT2D eigenvalue weighted by Crippen LogP contribution is 2.19. The van der Waals surface area contributed by atoms with E-state index in [9.17, 15) is 4.79 Å². The van der Waals surface area contributed by atoms with Crippen LogP contribution in [0.4, 0.5) is 0 Å². The predicted octanol–water partition coefficient (Wildman–Crippen LogP) is 2.75. The van der Waals surface area contributed by atoms with Crippen LogP contribution in [-0.4, -0.2) is 5.91 Å². The van der Waals surface area contributed by atoms with Crippen molar-refractivity contribution in [2.75, 3.05) is 0 Å². The second kappa shape index (κ2) is 4.60. The molecule has 0 saturated heterocycles. The first-order valence-corrected chi connectivity index (χ1v) is 5.38. The minimum Gasteiger partial charge on any atom is -0.366 e. The van der Waals surface area contributed by atoms with Gasteiger partial charge in [0.15, 0.2) is 0 Å². The van der Waals surface area contributed by atoms with Gasteiger partial charge in [-0.05, 0) is 36.1 Å². The van der Waals surface area contributed by atoms with Crippen LogP contribution >= 0.6 is 15.9 Å². The lowest BCUT2D eigenvalue weighted by Crippen LogP contribution is -2.14. The average Bonchev–Trinajstić information content (AvgIpc) is 2.01. The molecule has 1 aromatic rings. The monoisotopic (exact) mass is 255 g/mol. The topological polar surface area (TPSA) is 43.1 Å². The molecule has 0 heterocycles. The summed E-state index contributed by atoms with van der Waals surface area (Å²) in [6.07, 6.45) is 0.873. The molecule has 0 unspecified atom stereocenters. The highest BCUT2D eigenvalue weighted by atomic mass is 79.9. The van der Waals surface area contributed by atoms with Crippen molar-refractivity contribution in [3.63, 3.8) is 0 Å². The van der Waals surface area contributed by atoms with E-state index in [-0.39, 0.29) is 5.91 Å². The van der Waals surface area contributed by atoms with E-state index in [1.165, 1.54) is 0 Å². The quantitative estimate of drug-likeness (QED) is 0.887. The first-order valence-electron chi connectivity index (χ1n) is 4.59. The van der Waals surface area contributed by atoms with Gasteiger partial charge in [-0.2, -0.15) is 0 Å². The zero-order valence-electron chi connectivity index (χ0n) is 8.38. The molecule has 0 atom stereocenters. The third-order valence-corrected chi connectivity index (χ3v) is 2.45. The summed E-state index contributed by atoms with van der Waals surface area (Å²) < 4.78 is 0.984. The highest BCUT2D eigenvalue weighted by molar-refractivity contribution is 9.10. The van der Waals surface area contributed by atoms with Crippen LogP contribution in [0.15, 0.2) is 22.7 Å². The molecule has 0 aromatic heterocycles. The molecule has 0 bridgehead atoms. The number of primary amides is 1. The maximum atomic E-state index is 11.1. The van der Waals surface area contributed by atoms with E-state index in [1.807, 2.05) is 12.1 Å². The van der Waals surface area contributed by atoms with Gasteiger partial charge < -0.3 is 5.73 Å². The van der Waals surface area contributed by atoms with Crippen molar-refractivity contribution in [1.29, 1.82) is 0 Å². The Morgan fingerprint density at radius 1 is 1.50 bits per heavy atom. The normalized spacial score (nSPS) is 10.6. The average molecular weight is 256 g/mol. The van der Waals surface area contributed by atoms with Crippen molar-refractivity contribution in [1.82, 2.24) is 0 Å². The summed E-state index contributed by atoms with van der Waals surface area (Å²) in [5.41, 5.74) is 6.93. The SMILES string of the molecule is CC(C)Cc1cc(Br)ccc1C(N)=O. The van der Waals surface area contributed by atoms with E-state index in [0.29, 0.717) is 11.5 Å². The number of hydrogen-bond acceptors (Lipinski definition) is 1. The van der Waals surface area contributed by atoms with E-state index >= 15 is 0 Å². The number of nitrogens with two attached hydrogens (primary N) is 1. The van der Waals surface area contributed by atoms with E-state index in [0.717, 1.165) is 16.5 Å². The van der Waals surface area contributed by atoms with Crippen LogP contribution in [0.25, 0.3) is 0 Å². The van der Waals surface area contributed by atoms with Crippen LogP contribution in [0.5, 0.6) is 0 Å². The minimum absolute atomic E-state index is 0.354. The van der Waals surface area contributed by atoms with Crippen LogP contribution in [0.1, 0.15) is 29.8 Å². The Kier molecular flexibility index (Phi) is 3.69. The van der Waals surface area contributed by atoms with E-state index in [4.69, 9.17) is 5.73 Å². The minimum atomic E-state index is -0.354. The van der Waals surface area contributed by atoms with E-state index in [2.05, 4.69) is 29.8 Å². The maximum Gasteiger partial charge on any atom is 0.248 e. The molecule has 2 N–H and O–H groups in total. The fourth-order valence-electron chi connectivity index (χ4n) is 1.41. The van der Waals surface area contributed by atoms with Gasteiger partial charge in [0, 0.05) is 10.0 Å². The lowest BCUT2D eigenvalue weighted by molar-refractivity contribution is 0.0999. The lowest BCUT2D eigenvalue weighted by Gasteiger charge is -2.09. The van der Waals surface area contributed by atoms with Gasteiger partial charge in [0.1, 0.15) is 0 Å². The summed E-state index contributed by atoms with van der Waals surface area (Å²) in [4.78, 5) is 11.1. The second-order valence-corrected chi connectivity index (χ2v) is 4.68. The Balaban J connectivity index is 3.09. The Morgan fingerprint density at radius 3 is 2.64 bits per heavy atom. The number of carbonyl (C=O) groups excluding carboxylic acids is 1. The molecular weight excluding hydrogens is 242 g/mol. The molecule has 14 heavy (non-hydrogen) atoms. The Bertz CT molecular complexity index is 347. The number of benzene rings is 1. The summed E-state index contributed by atoms with van der Waals surface area (Å²) in [6, 6.07) is 5.56. The van der Waals surface area contributed by atoms with Gasteiger partial charge in [0.25, 0.3) is 0 Å². The van der Waals surface area contributed by atoms with Crippen molar-refractivity contribution in [3.05, 3.63) is 33.8 Å². The zero-order valence-corrected chi connectivity index (χ0v) is 9.97. The maximum absolute atomic E-state index is 11.1. The summed E-state index contributed by atoms with van der Waals surface area (Å²) in [7, 11) is 0. The molecule has 0 aliphatic heterocycles. The number of carbonyl (C=O) groups is 1. The Morgan fingerprint density at radius 2 is 2.14 bits per heavy atom. The Hall–Kier alpha value is -0.830. The first-order chi connectivity index (χ1) is 6.50. The summed E-state index contributed by atoms with van der Waals surface area (Å²) in [5.74, 6) is 0.163. The molecule has 3 heteroatoms. The molecule has 0 radical (unpaired) electrons.